The first-order valence-corrected chi connectivity index (χ1v) is 11.7. The van der Waals surface area contributed by atoms with E-state index < -0.39 is 11.8 Å². The number of ether oxygens (including phenoxy) is 1. The van der Waals surface area contributed by atoms with Crippen molar-refractivity contribution in [1.29, 1.82) is 0 Å². The molecule has 4 rings (SSSR count). The van der Waals surface area contributed by atoms with Crippen LogP contribution in [0.2, 0.25) is 0 Å². The van der Waals surface area contributed by atoms with E-state index in [1.54, 1.807) is 13.0 Å². The second-order valence-corrected chi connectivity index (χ2v) is 8.86. The third-order valence-corrected chi connectivity index (χ3v) is 6.82. The normalized spacial score (nSPS) is 15.4. The van der Waals surface area contributed by atoms with Gasteiger partial charge in [0.1, 0.15) is 11.5 Å². The van der Waals surface area contributed by atoms with E-state index in [0.717, 1.165) is 26.2 Å². The number of rotatable bonds is 6. The van der Waals surface area contributed by atoms with Gasteiger partial charge in [-0.3, -0.25) is 4.79 Å². The van der Waals surface area contributed by atoms with Gasteiger partial charge in [0.15, 0.2) is 6.04 Å². The first kappa shape index (κ1) is 23.8. The Kier molecular flexibility index (Phi) is 6.88. The summed E-state index contributed by atoms with van der Waals surface area (Å²) < 4.78 is 19.1. The molecule has 0 aliphatic carbocycles. The van der Waals surface area contributed by atoms with Crippen molar-refractivity contribution in [2.24, 2.45) is 0 Å². The lowest BCUT2D eigenvalue weighted by molar-refractivity contribution is -0.914. The minimum Gasteiger partial charge on any atom is -0.461 e. The molecule has 1 aliphatic rings. The number of nitrogens with zero attached hydrogens (tertiary/aromatic N) is 1. The highest BCUT2D eigenvalue weighted by atomic mass is 19.1. The number of aryl methyl sites for hydroxylation is 1. The standard InChI is InChI=1S/C26H31FN4O3/c1-5-34-26(33)24-23(20-15-19(27)9-10-21(20)28-24)29-25(32)18(4)30-11-13-31(14-12-30)22-8-6-7-16(2)17(22)3/h6-10,15,18,28H,5,11-14H2,1-4H3,(H,29,32)/p+1/t18-/m0/s1. The fourth-order valence-corrected chi connectivity index (χ4v) is 4.61. The van der Waals surface area contributed by atoms with Crippen molar-refractivity contribution >= 4 is 34.2 Å². The molecule has 1 amide bonds. The topological polar surface area (TPSA) is 78.9 Å². The van der Waals surface area contributed by atoms with Crippen LogP contribution in [0.1, 0.15) is 35.5 Å². The number of aromatic amines is 1. The first-order chi connectivity index (χ1) is 16.3. The molecule has 0 unspecified atom stereocenters. The first-order valence-electron chi connectivity index (χ1n) is 11.7. The van der Waals surface area contributed by atoms with E-state index in [1.807, 2.05) is 6.92 Å². The Balaban J connectivity index is 1.49. The van der Waals surface area contributed by atoms with Crippen LogP contribution < -0.4 is 15.1 Å². The van der Waals surface area contributed by atoms with Gasteiger partial charge in [-0.15, -0.1) is 0 Å². The van der Waals surface area contributed by atoms with Crippen LogP contribution in [0.3, 0.4) is 0 Å². The van der Waals surface area contributed by atoms with Crippen molar-refractivity contribution in [3.63, 3.8) is 0 Å². The third kappa shape index (κ3) is 4.63. The summed E-state index contributed by atoms with van der Waals surface area (Å²) in [5, 5.41) is 3.33. The van der Waals surface area contributed by atoms with Gasteiger partial charge in [0.05, 0.1) is 38.5 Å². The van der Waals surface area contributed by atoms with E-state index >= 15 is 0 Å². The maximum absolute atomic E-state index is 13.9. The fourth-order valence-electron chi connectivity index (χ4n) is 4.61. The molecule has 0 bridgehead atoms. The summed E-state index contributed by atoms with van der Waals surface area (Å²) in [4.78, 5) is 32.2. The van der Waals surface area contributed by atoms with Crippen molar-refractivity contribution in [3.05, 3.63) is 59.0 Å². The van der Waals surface area contributed by atoms with Gasteiger partial charge in [-0.2, -0.15) is 0 Å². The second-order valence-electron chi connectivity index (χ2n) is 8.86. The van der Waals surface area contributed by atoms with Crippen LogP contribution in [0.25, 0.3) is 10.9 Å². The van der Waals surface area contributed by atoms with Gasteiger partial charge in [-0.1, -0.05) is 12.1 Å². The zero-order valence-electron chi connectivity index (χ0n) is 20.1. The Bertz CT molecular complexity index is 1210. The molecule has 1 saturated heterocycles. The summed E-state index contributed by atoms with van der Waals surface area (Å²) in [6.45, 7) is 11.4. The summed E-state index contributed by atoms with van der Waals surface area (Å²) in [6.07, 6.45) is 0. The van der Waals surface area contributed by atoms with Gasteiger partial charge < -0.3 is 24.8 Å². The molecule has 1 aliphatic heterocycles. The van der Waals surface area contributed by atoms with Gasteiger partial charge in [0, 0.05) is 16.6 Å². The van der Waals surface area contributed by atoms with Crippen molar-refractivity contribution in [2.75, 3.05) is 43.0 Å². The molecule has 1 fully saturated rings. The number of anilines is 2. The van der Waals surface area contributed by atoms with E-state index in [2.05, 4.69) is 47.2 Å². The van der Waals surface area contributed by atoms with Crippen LogP contribution >= 0.6 is 0 Å². The fraction of sp³-hybridized carbons (Fsp3) is 0.385. The number of hydrogen-bond donors (Lipinski definition) is 3. The molecule has 3 aromatic rings. The monoisotopic (exact) mass is 467 g/mol. The summed E-state index contributed by atoms with van der Waals surface area (Å²) in [6, 6.07) is 10.2. The van der Waals surface area contributed by atoms with E-state index in [4.69, 9.17) is 4.74 Å². The Morgan fingerprint density at radius 3 is 2.65 bits per heavy atom. The van der Waals surface area contributed by atoms with Crippen LogP contribution in [-0.2, 0) is 9.53 Å². The Morgan fingerprint density at radius 1 is 1.21 bits per heavy atom. The van der Waals surface area contributed by atoms with Crippen LogP contribution in [0, 0.1) is 19.7 Å². The molecule has 0 spiro atoms. The van der Waals surface area contributed by atoms with Gasteiger partial charge in [-0.05, 0) is 63.1 Å². The second kappa shape index (κ2) is 9.85. The third-order valence-electron chi connectivity index (χ3n) is 6.82. The van der Waals surface area contributed by atoms with Crippen LogP contribution in [0.15, 0.2) is 36.4 Å². The molecule has 1 aromatic heterocycles. The van der Waals surface area contributed by atoms with E-state index in [-0.39, 0.29) is 29.9 Å². The quantitative estimate of drug-likeness (QED) is 0.487. The highest BCUT2D eigenvalue weighted by Gasteiger charge is 2.31. The lowest BCUT2D eigenvalue weighted by Gasteiger charge is -2.36. The largest absolute Gasteiger partial charge is 0.461 e. The number of fused-ring (bicyclic) bond motifs is 1. The number of carbonyl (C=O) groups excluding carboxylic acids is 2. The highest BCUT2D eigenvalue weighted by molar-refractivity contribution is 6.11. The SMILES string of the molecule is CCOC(=O)c1[nH]c2ccc(F)cc2c1NC(=O)[C@H](C)[NH+]1CCN(c2cccc(C)c2C)CC1. The predicted molar refractivity (Wildman–Crippen MR) is 131 cm³/mol. The number of benzene rings is 2. The van der Waals surface area contributed by atoms with Crippen molar-refractivity contribution < 1.29 is 23.6 Å². The maximum Gasteiger partial charge on any atom is 0.356 e. The molecular formula is C26H32FN4O3+. The molecule has 0 saturated carbocycles. The summed E-state index contributed by atoms with van der Waals surface area (Å²) in [5.41, 5.74) is 4.75. The molecule has 1 atom stereocenters. The van der Waals surface area contributed by atoms with Crippen LogP contribution in [0.5, 0.6) is 0 Å². The van der Waals surface area contributed by atoms with Crippen molar-refractivity contribution in [2.45, 2.75) is 33.7 Å². The number of quaternary nitrogens is 1. The lowest BCUT2D eigenvalue weighted by atomic mass is 10.1. The number of carbonyl (C=O) groups is 2. The molecule has 8 heteroatoms. The highest BCUT2D eigenvalue weighted by Crippen LogP contribution is 2.29. The molecule has 180 valence electrons. The van der Waals surface area contributed by atoms with Crippen LogP contribution in [0.4, 0.5) is 15.8 Å². The predicted octanol–water partition coefficient (Wildman–Crippen LogP) is 2.83. The number of amides is 1. The lowest BCUT2D eigenvalue weighted by Crippen LogP contribution is -3.19. The summed E-state index contributed by atoms with van der Waals surface area (Å²) in [5.74, 6) is -1.25. The minimum atomic E-state index is -0.587. The Hall–Kier alpha value is -3.39. The minimum absolute atomic E-state index is 0.123. The van der Waals surface area contributed by atoms with Gasteiger partial charge in [-0.25, -0.2) is 9.18 Å². The van der Waals surface area contributed by atoms with Gasteiger partial charge >= 0.3 is 5.97 Å². The molecule has 34 heavy (non-hydrogen) atoms. The number of H-pyrrole nitrogens is 1. The summed E-state index contributed by atoms with van der Waals surface area (Å²) in [7, 11) is 0. The molecular weight excluding hydrogens is 435 g/mol. The molecule has 0 radical (unpaired) electrons. The molecule has 2 heterocycles. The van der Waals surface area contributed by atoms with E-state index in [1.165, 1.54) is 33.8 Å². The van der Waals surface area contributed by atoms with Gasteiger partial charge in [0.25, 0.3) is 5.91 Å². The van der Waals surface area contributed by atoms with Crippen LogP contribution in [-0.4, -0.2) is 55.7 Å². The molecule has 2 aromatic carbocycles. The zero-order valence-corrected chi connectivity index (χ0v) is 20.1. The number of aromatic nitrogens is 1. The zero-order chi connectivity index (χ0) is 24.4. The summed E-state index contributed by atoms with van der Waals surface area (Å²) >= 11 is 0. The number of halogens is 1. The Labute approximate surface area is 198 Å². The number of hydrogen-bond acceptors (Lipinski definition) is 4. The molecule has 3 N–H and O–H groups in total. The van der Waals surface area contributed by atoms with E-state index in [0.29, 0.717) is 10.9 Å². The average molecular weight is 468 g/mol. The van der Waals surface area contributed by atoms with Crippen molar-refractivity contribution in [1.82, 2.24) is 4.98 Å². The number of piperazine rings is 1. The average Bonchev–Trinajstić information content (AvgIpc) is 3.18. The maximum atomic E-state index is 13.9. The van der Waals surface area contributed by atoms with Gasteiger partial charge in [0.2, 0.25) is 0 Å². The van der Waals surface area contributed by atoms with E-state index in [9.17, 15) is 14.0 Å². The number of nitrogens with one attached hydrogen (secondary N) is 3. The Morgan fingerprint density at radius 2 is 1.94 bits per heavy atom. The van der Waals surface area contributed by atoms with Crippen molar-refractivity contribution in [3.8, 4) is 0 Å². The smallest absolute Gasteiger partial charge is 0.356 e. The molecule has 7 nitrogen and oxygen atoms in total. The number of esters is 1.